The maximum Gasteiger partial charge on any atom is 0.267 e. The van der Waals surface area contributed by atoms with E-state index in [0.29, 0.717) is 35.6 Å². The van der Waals surface area contributed by atoms with E-state index >= 15 is 0 Å². The number of nitriles is 1. The molecule has 4 rings (SSSR count). The van der Waals surface area contributed by atoms with Gasteiger partial charge in [-0.3, -0.25) is 18.5 Å². The fourth-order valence-electron chi connectivity index (χ4n) is 3.55. The molecule has 2 aromatic heterocycles. The molecule has 0 bridgehead atoms. The second-order valence-corrected chi connectivity index (χ2v) is 9.59. The highest BCUT2D eigenvalue weighted by Gasteiger charge is 2.31. The number of ether oxygens (including phenoxy) is 1. The van der Waals surface area contributed by atoms with Crippen molar-refractivity contribution in [3.05, 3.63) is 52.4 Å². The summed E-state index contributed by atoms with van der Waals surface area (Å²) in [6.07, 6.45) is 2.25. The van der Waals surface area contributed by atoms with Crippen LogP contribution in [-0.4, -0.2) is 36.2 Å². The van der Waals surface area contributed by atoms with Crippen molar-refractivity contribution in [2.75, 3.05) is 11.9 Å². The molecule has 0 saturated carbocycles. The van der Waals surface area contributed by atoms with E-state index in [1.165, 1.54) is 16.7 Å². The van der Waals surface area contributed by atoms with Crippen molar-refractivity contribution < 1.29 is 18.9 Å². The number of amidine groups is 1. The van der Waals surface area contributed by atoms with Crippen LogP contribution >= 0.6 is 10.8 Å². The third-order valence-electron chi connectivity index (χ3n) is 5.18. The van der Waals surface area contributed by atoms with E-state index in [4.69, 9.17) is 10.00 Å². The number of benzene rings is 1. The predicted octanol–water partition coefficient (Wildman–Crippen LogP) is 3.95. The predicted molar refractivity (Wildman–Crippen MR) is 126 cm³/mol. The summed E-state index contributed by atoms with van der Waals surface area (Å²) < 4.78 is 32.2. The molecule has 4 N–H and O–H groups in total. The van der Waals surface area contributed by atoms with E-state index in [1.807, 2.05) is 19.9 Å². The molecule has 10 nitrogen and oxygen atoms in total. The molecule has 0 aliphatic carbocycles. The molecule has 0 unspecified atom stereocenters. The number of fused-ring (bicyclic) bond motifs is 2. The van der Waals surface area contributed by atoms with Gasteiger partial charge in [0.25, 0.3) is 5.56 Å². The summed E-state index contributed by atoms with van der Waals surface area (Å²) in [4.78, 5) is 17.8. The van der Waals surface area contributed by atoms with E-state index in [-0.39, 0.29) is 34.4 Å². The zero-order chi connectivity index (χ0) is 23.8. The average Bonchev–Trinajstić information content (AvgIpc) is 2.77. The lowest BCUT2D eigenvalue weighted by Gasteiger charge is -2.34. The van der Waals surface area contributed by atoms with Crippen LogP contribution in [0.15, 0.2) is 50.6 Å². The molecule has 172 valence electrons. The topological polar surface area (TPSA) is 153 Å². The minimum atomic E-state index is -3.72. The smallest absolute Gasteiger partial charge is 0.267 e. The first-order valence-electron chi connectivity index (χ1n) is 10.2. The Hall–Kier alpha value is -3.59. The quantitative estimate of drug-likeness (QED) is 0.423. The molecule has 0 spiro atoms. The van der Waals surface area contributed by atoms with Crippen LogP contribution in [0.3, 0.4) is 0 Å². The van der Waals surface area contributed by atoms with Crippen LogP contribution < -0.4 is 15.6 Å². The zero-order valence-electron chi connectivity index (χ0n) is 18.0. The molecule has 0 fully saturated rings. The summed E-state index contributed by atoms with van der Waals surface area (Å²) in [6.45, 7) is 4.25. The van der Waals surface area contributed by atoms with Crippen LogP contribution in [0, 0.1) is 17.2 Å². The first-order chi connectivity index (χ1) is 15.7. The van der Waals surface area contributed by atoms with Crippen molar-refractivity contribution in [3.63, 3.8) is 0 Å². The number of hydrogen-bond acceptors (Lipinski definition) is 9. The van der Waals surface area contributed by atoms with Gasteiger partial charge in [-0.05, 0) is 36.6 Å². The van der Waals surface area contributed by atoms with Crippen molar-refractivity contribution in [1.82, 2.24) is 9.55 Å². The lowest BCUT2D eigenvalue weighted by atomic mass is 10.1. The molecule has 0 amide bonds. The first-order valence-corrected chi connectivity index (χ1v) is 11.7. The van der Waals surface area contributed by atoms with E-state index in [0.717, 1.165) is 0 Å². The Labute approximate surface area is 191 Å². The minimum absolute atomic E-state index is 0.0590. The number of pyridine rings is 2. The lowest BCUT2D eigenvalue weighted by molar-refractivity contribution is 0.367. The zero-order valence-corrected chi connectivity index (χ0v) is 18.8. The van der Waals surface area contributed by atoms with Gasteiger partial charge in [-0.15, -0.1) is 4.40 Å². The fraction of sp³-hybridized carbons (Fsp3) is 0.273. The van der Waals surface area contributed by atoms with Gasteiger partial charge in [0.15, 0.2) is 12.4 Å². The fourth-order valence-corrected chi connectivity index (χ4v) is 4.72. The summed E-state index contributed by atoms with van der Waals surface area (Å²) >= 11 is 0. The largest absolute Gasteiger partial charge is 0.506 e. The molecule has 1 aliphatic heterocycles. The summed E-state index contributed by atoms with van der Waals surface area (Å²) in [7, 11) is -3.72. The van der Waals surface area contributed by atoms with E-state index < -0.39 is 16.3 Å². The van der Waals surface area contributed by atoms with Crippen molar-refractivity contribution in [3.8, 4) is 17.6 Å². The van der Waals surface area contributed by atoms with E-state index in [9.17, 15) is 19.0 Å². The maximum absolute atomic E-state index is 13.4. The van der Waals surface area contributed by atoms with Crippen LogP contribution in [0.5, 0.6) is 11.5 Å². The van der Waals surface area contributed by atoms with Gasteiger partial charge in [0, 0.05) is 18.8 Å². The number of nitrogens with one attached hydrogen (secondary N) is 1. The van der Waals surface area contributed by atoms with Gasteiger partial charge in [0.1, 0.15) is 33.7 Å². The molecular weight excluding hydrogens is 446 g/mol. The monoisotopic (exact) mass is 469 g/mol. The highest BCUT2D eigenvalue weighted by Crippen LogP contribution is 2.56. The van der Waals surface area contributed by atoms with Gasteiger partial charge < -0.3 is 15.2 Å². The summed E-state index contributed by atoms with van der Waals surface area (Å²) in [5.41, 5.74) is -0.0804. The molecule has 1 aromatic carbocycles. The third-order valence-corrected chi connectivity index (χ3v) is 6.55. The molecule has 11 heteroatoms. The van der Waals surface area contributed by atoms with Gasteiger partial charge >= 0.3 is 0 Å². The second kappa shape index (κ2) is 8.74. The number of anilines is 1. The molecule has 0 atom stereocenters. The molecule has 33 heavy (non-hydrogen) atoms. The van der Waals surface area contributed by atoms with Gasteiger partial charge in [-0.1, -0.05) is 24.6 Å². The van der Waals surface area contributed by atoms with Gasteiger partial charge in [0.2, 0.25) is 0 Å². The van der Waals surface area contributed by atoms with Crippen molar-refractivity contribution >= 4 is 33.3 Å². The number of aromatic hydroxyl groups is 1. The average molecular weight is 470 g/mol. The number of aromatic nitrogens is 2. The number of aryl methyl sites for hydroxylation is 1. The van der Waals surface area contributed by atoms with Crippen LogP contribution in [0.4, 0.5) is 5.69 Å². The van der Waals surface area contributed by atoms with Crippen LogP contribution in [0.25, 0.3) is 11.0 Å². The lowest BCUT2D eigenvalue weighted by Crippen LogP contribution is -2.32. The Bertz CT molecular complexity index is 1360. The second-order valence-electron chi connectivity index (χ2n) is 7.93. The Kier molecular flexibility index (Phi) is 5.99. The summed E-state index contributed by atoms with van der Waals surface area (Å²) in [6, 6.07) is 9.58. The molecule has 1 aliphatic rings. The third kappa shape index (κ3) is 4.23. The molecule has 3 heterocycles. The van der Waals surface area contributed by atoms with Gasteiger partial charge in [-0.2, -0.15) is 5.26 Å². The highest BCUT2D eigenvalue weighted by molar-refractivity contribution is 8.23. The molecule has 0 saturated heterocycles. The van der Waals surface area contributed by atoms with Crippen LogP contribution in [-0.2, 0) is 6.54 Å². The standard InChI is InChI=1S/C22H23N5O5S/c1-13(2)7-10-27-21-15(4-3-9-24-21)19(28)18(22(27)29)20-25-16-6-5-14(32-11-8-23)12-17(16)33(30,31)26-20/h3-6,9,12-13,28,30-31H,7,10-11H2,1-2H3,(H,25,26). The first kappa shape index (κ1) is 22.6. The van der Waals surface area contributed by atoms with Gasteiger partial charge in [-0.25, -0.2) is 4.98 Å². The summed E-state index contributed by atoms with van der Waals surface area (Å²) in [5, 5.41) is 22.9. The normalized spacial score (nSPS) is 15.3. The van der Waals surface area contributed by atoms with Crippen molar-refractivity contribution in [2.24, 2.45) is 10.3 Å². The van der Waals surface area contributed by atoms with E-state index in [2.05, 4.69) is 14.7 Å². The Morgan fingerprint density at radius 1 is 1.30 bits per heavy atom. The number of hydrogen-bond donors (Lipinski definition) is 4. The summed E-state index contributed by atoms with van der Waals surface area (Å²) in [5.74, 6) is 0.100. The highest BCUT2D eigenvalue weighted by atomic mass is 32.3. The van der Waals surface area contributed by atoms with Gasteiger partial charge in [0.05, 0.1) is 11.1 Å². The molecule has 0 radical (unpaired) electrons. The Balaban J connectivity index is 1.86. The molecular formula is C22H23N5O5S. The van der Waals surface area contributed by atoms with Crippen LogP contribution in [0.1, 0.15) is 25.8 Å². The minimum Gasteiger partial charge on any atom is -0.506 e. The number of rotatable bonds is 6. The Morgan fingerprint density at radius 3 is 2.82 bits per heavy atom. The van der Waals surface area contributed by atoms with Crippen molar-refractivity contribution in [1.29, 1.82) is 5.26 Å². The molecule has 3 aromatic rings. The van der Waals surface area contributed by atoms with Crippen LogP contribution in [0.2, 0.25) is 0 Å². The van der Waals surface area contributed by atoms with Crippen molar-refractivity contribution in [2.45, 2.75) is 31.7 Å². The SMILES string of the molecule is CC(C)CCn1c(=O)c(C2=NS(O)(O)c3cc(OCC#N)ccc3N2)c(O)c2cccnc21. The number of nitrogens with zero attached hydrogens (tertiary/aromatic N) is 4. The Morgan fingerprint density at radius 2 is 2.09 bits per heavy atom. The van der Waals surface area contributed by atoms with E-state index in [1.54, 1.807) is 24.4 Å². The maximum atomic E-state index is 13.4.